The lowest BCUT2D eigenvalue weighted by Crippen LogP contribution is -2.36. The maximum absolute atomic E-state index is 5.40. The van der Waals surface area contributed by atoms with Crippen molar-refractivity contribution in [3.05, 3.63) is 0 Å². The highest BCUT2D eigenvalue weighted by atomic mass is 32.1. The molecule has 0 fully saturated rings. The SMILES string of the molecule is CCC(C)NC(C)CC(N)=S. The van der Waals surface area contributed by atoms with Gasteiger partial charge in [0.2, 0.25) is 0 Å². The molecule has 0 aromatic carbocycles. The molecule has 0 rings (SSSR count). The number of rotatable bonds is 5. The molecule has 0 amide bonds. The molecule has 0 aliphatic heterocycles. The van der Waals surface area contributed by atoms with Crippen molar-refractivity contribution in [3.8, 4) is 0 Å². The van der Waals surface area contributed by atoms with E-state index in [-0.39, 0.29) is 0 Å². The van der Waals surface area contributed by atoms with Gasteiger partial charge in [-0.25, -0.2) is 0 Å². The third-order valence-electron chi connectivity index (χ3n) is 1.69. The van der Waals surface area contributed by atoms with Crippen LogP contribution >= 0.6 is 12.2 Å². The molecule has 3 N–H and O–H groups in total. The van der Waals surface area contributed by atoms with Gasteiger partial charge in [-0.1, -0.05) is 19.1 Å². The average Bonchev–Trinajstić information content (AvgIpc) is 1.85. The molecule has 11 heavy (non-hydrogen) atoms. The molecule has 0 aliphatic rings. The van der Waals surface area contributed by atoms with Gasteiger partial charge in [0.25, 0.3) is 0 Å². The Labute approximate surface area is 74.5 Å². The second-order valence-electron chi connectivity index (χ2n) is 3.05. The van der Waals surface area contributed by atoms with Gasteiger partial charge in [0.05, 0.1) is 4.99 Å². The smallest absolute Gasteiger partial charge is 0.0742 e. The van der Waals surface area contributed by atoms with E-state index < -0.39 is 0 Å². The van der Waals surface area contributed by atoms with Gasteiger partial charge in [-0.15, -0.1) is 0 Å². The highest BCUT2D eigenvalue weighted by Gasteiger charge is 2.05. The lowest BCUT2D eigenvalue weighted by atomic mass is 10.2. The number of thiocarbonyl (C=S) groups is 1. The van der Waals surface area contributed by atoms with Crippen molar-refractivity contribution in [2.45, 2.75) is 45.7 Å². The zero-order valence-corrected chi connectivity index (χ0v) is 8.37. The number of hydrogen-bond acceptors (Lipinski definition) is 2. The fourth-order valence-corrected chi connectivity index (χ4v) is 1.21. The molecule has 2 atom stereocenters. The Bertz CT molecular complexity index is 125. The number of nitrogens with one attached hydrogen (secondary N) is 1. The minimum absolute atomic E-state index is 0.405. The molecular weight excluding hydrogens is 156 g/mol. The largest absolute Gasteiger partial charge is 0.393 e. The van der Waals surface area contributed by atoms with Gasteiger partial charge < -0.3 is 11.1 Å². The predicted molar refractivity (Wildman–Crippen MR) is 53.8 cm³/mol. The summed E-state index contributed by atoms with van der Waals surface area (Å²) in [4.78, 5) is 0.591. The highest BCUT2D eigenvalue weighted by Crippen LogP contribution is 1.95. The molecule has 66 valence electrons. The Morgan fingerprint density at radius 2 is 2.00 bits per heavy atom. The van der Waals surface area contributed by atoms with E-state index in [1.165, 1.54) is 0 Å². The fraction of sp³-hybridized carbons (Fsp3) is 0.875. The average molecular weight is 174 g/mol. The van der Waals surface area contributed by atoms with Crippen LogP contribution in [0.5, 0.6) is 0 Å². The van der Waals surface area contributed by atoms with E-state index in [1.807, 2.05) is 0 Å². The summed E-state index contributed by atoms with van der Waals surface area (Å²) in [5, 5.41) is 3.39. The van der Waals surface area contributed by atoms with Crippen LogP contribution in [0.15, 0.2) is 0 Å². The summed E-state index contributed by atoms with van der Waals surface area (Å²) < 4.78 is 0. The van der Waals surface area contributed by atoms with Gasteiger partial charge >= 0.3 is 0 Å². The van der Waals surface area contributed by atoms with Crippen LogP contribution < -0.4 is 11.1 Å². The second kappa shape index (κ2) is 5.49. The molecule has 0 aliphatic carbocycles. The molecule has 0 saturated carbocycles. The van der Waals surface area contributed by atoms with Crippen LogP contribution in [0.3, 0.4) is 0 Å². The van der Waals surface area contributed by atoms with Crippen LogP contribution in [-0.2, 0) is 0 Å². The van der Waals surface area contributed by atoms with Gasteiger partial charge in [0.15, 0.2) is 0 Å². The van der Waals surface area contributed by atoms with E-state index in [9.17, 15) is 0 Å². The molecule has 0 aromatic rings. The number of nitrogens with two attached hydrogens (primary N) is 1. The van der Waals surface area contributed by atoms with E-state index in [1.54, 1.807) is 0 Å². The Hall–Kier alpha value is -0.150. The molecule has 0 spiro atoms. The first-order valence-corrected chi connectivity index (χ1v) is 4.51. The normalized spacial score (nSPS) is 15.9. The summed E-state index contributed by atoms with van der Waals surface area (Å²) in [5.74, 6) is 0. The summed E-state index contributed by atoms with van der Waals surface area (Å²) in [7, 11) is 0. The quantitative estimate of drug-likeness (QED) is 0.619. The molecule has 0 saturated heterocycles. The zero-order valence-electron chi connectivity index (χ0n) is 7.55. The summed E-state index contributed by atoms with van der Waals surface area (Å²) in [5.41, 5.74) is 5.40. The summed E-state index contributed by atoms with van der Waals surface area (Å²) in [6, 6.07) is 0.960. The lowest BCUT2D eigenvalue weighted by molar-refractivity contribution is 0.466. The topological polar surface area (TPSA) is 38.0 Å². The van der Waals surface area contributed by atoms with E-state index in [0.29, 0.717) is 17.1 Å². The first-order chi connectivity index (χ1) is 5.06. The van der Waals surface area contributed by atoms with Crippen LogP contribution in [0, 0.1) is 0 Å². The maximum atomic E-state index is 5.40. The van der Waals surface area contributed by atoms with Crippen molar-refractivity contribution in [1.29, 1.82) is 0 Å². The Morgan fingerprint density at radius 3 is 2.36 bits per heavy atom. The Morgan fingerprint density at radius 1 is 1.45 bits per heavy atom. The Kier molecular flexibility index (Phi) is 5.42. The molecule has 3 heteroatoms. The van der Waals surface area contributed by atoms with Crippen LogP contribution in [-0.4, -0.2) is 17.1 Å². The van der Waals surface area contributed by atoms with E-state index in [0.717, 1.165) is 12.8 Å². The van der Waals surface area contributed by atoms with Crippen LogP contribution in [0.25, 0.3) is 0 Å². The molecule has 0 radical (unpaired) electrons. The predicted octanol–water partition coefficient (Wildman–Crippen LogP) is 1.44. The van der Waals surface area contributed by atoms with Crippen LogP contribution in [0.1, 0.15) is 33.6 Å². The van der Waals surface area contributed by atoms with Crippen molar-refractivity contribution in [2.24, 2.45) is 5.73 Å². The van der Waals surface area contributed by atoms with Gasteiger partial charge in [0.1, 0.15) is 0 Å². The summed E-state index contributed by atoms with van der Waals surface area (Å²) in [6.45, 7) is 6.42. The summed E-state index contributed by atoms with van der Waals surface area (Å²) in [6.07, 6.45) is 1.93. The third-order valence-corrected chi connectivity index (χ3v) is 1.86. The monoisotopic (exact) mass is 174 g/mol. The zero-order chi connectivity index (χ0) is 8.85. The van der Waals surface area contributed by atoms with Crippen molar-refractivity contribution < 1.29 is 0 Å². The van der Waals surface area contributed by atoms with Crippen molar-refractivity contribution in [2.75, 3.05) is 0 Å². The molecule has 0 aromatic heterocycles. The first-order valence-electron chi connectivity index (χ1n) is 4.10. The summed E-state index contributed by atoms with van der Waals surface area (Å²) >= 11 is 4.80. The molecule has 0 heterocycles. The van der Waals surface area contributed by atoms with Gasteiger partial charge in [-0.2, -0.15) is 0 Å². The second-order valence-corrected chi connectivity index (χ2v) is 3.57. The minimum atomic E-state index is 0.405. The van der Waals surface area contributed by atoms with Crippen LogP contribution in [0.4, 0.5) is 0 Å². The lowest BCUT2D eigenvalue weighted by Gasteiger charge is -2.17. The van der Waals surface area contributed by atoms with Gasteiger partial charge in [-0.3, -0.25) is 0 Å². The van der Waals surface area contributed by atoms with Gasteiger partial charge in [-0.05, 0) is 20.3 Å². The third kappa shape index (κ3) is 6.26. The molecule has 2 nitrogen and oxygen atoms in total. The molecule has 0 bridgehead atoms. The fourth-order valence-electron chi connectivity index (χ4n) is 0.964. The Balaban J connectivity index is 3.51. The molecular formula is C8H18N2S. The van der Waals surface area contributed by atoms with Crippen molar-refractivity contribution in [1.82, 2.24) is 5.32 Å². The number of hydrogen-bond donors (Lipinski definition) is 2. The highest BCUT2D eigenvalue weighted by molar-refractivity contribution is 7.80. The molecule has 2 unspecified atom stereocenters. The standard InChI is InChI=1S/C8H18N2S/c1-4-6(2)10-7(3)5-8(9)11/h6-7,10H,4-5H2,1-3H3,(H2,9,11). The van der Waals surface area contributed by atoms with E-state index >= 15 is 0 Å². The minimum Gasteiger partial charge on any atom is -0.393 e. The van der Waals surface area contributed by atoms with Crippen LogP contribution in [0.2, 0.25) is 0 Å². The van der Waals surface area contributed by atoms with E-state index in [4.69, 9.17) is 18.0 Å². The first kappa shape index (κ1) is 10.8. The van der Waals surface area contributed by atoms with Gasteiger partial charge in [0, 0.05) is 18.5 Å². The maximum Gasteiger partial charge on any atom is 0.0742 e. The van der Waals surface area contributed by atoms with Crippen molar-refractivity contribution >= 4 is 17.2 Å². The van der Waals surface area contributed by atoms with Crippen molar-refractivity contribution in [3.63, 3.8) is 0 Å². The van der Waals surface area contributed by atoms with E-state index in [2.05, 4.69) is 26.1 Å².